The summed E-state index contributed by atoms with van der Waals surface area (Å²) in [7, 11) is -6.18. The molecule has 3 fully saturated rings. The molecule has 65 heavy (non-hydrogen) atoms. The summed E-state index contributed by atoms with van der Waals surface area (Å²) in [6.07, 6.45) is -23.3. The van der Waals surface area contributed by atoms with Gasteiger partial charge in [-0.1, -0.05) is 34.1 Å². The Morgan fingerprint density at radius 2 is 1.57 bits per heavy atom. The smallest absolute Gasteiger partial charge is 0.735 e. The first-order chi connectivity index (χ1) is 29.1. The van der Waals surface area contributed by atoms with E-state index in [-0.39, 0.29) is 101 Å². The largest absolute Gasteiger partial charge is 1.00 e. The van der Waals surface area contributed by atoms with Gasteiger partial charge in [0.25, 0.3) is 0 Å². The predicted octanol–water partition coefficient (Wildman–Crippen LogP) is -14.2. The summed E-state index contributed by atoms with van der Waals surface area (Å²) in [5, 5.41) is 93.1. The molecule has 0 aromatic heterocycles. The average molecular weight is 1040 g/mol. The number of unbranched alkanes of at least 4 members (excludes halogenated alkanes) is 1. The zero-order valence-electron chi connectivity index (χ0n) is 35.7. The van der Waals surface area contributed by atoms with Crippen molar-refractivity contribution < 1.29 is 193 Å². The van der Waals surface area contributed by atoms with E-state index in [1.54, 1.807) is 24.3 Å². The third kappa shape index (κ3) is 20.5. The topological polar surface area (TPSA) is 405 Å². The Kier molecular flexibility index (Phi) is 29.6. The van der Waals surface area contributed by atoms with E-state index in [2.05, 4.69) is 14.8 Å². The molecule has 25 nitrogen and oxygen atoms in total. The van der Waals surface area contributed by atoms with Crippen molar-refractivity contribution in [3.63, 3.8) is 0 Å². The van der Waals surface area contributed by atoms with E-state index in [0.29, 0.717) is 23.0 Å². The van der Waals surface area contributed by atoms with Crippen molar-refractivity contribution in [2.45, 2.75) is 123 Å². The van der Waals surface area contributed by atoms with E-state index in [1.807, 2.05) is 21.6 Å². The Balaban J connectivity index is 0.00000704. The van der Waals surface area contributed by atoms with Gasteiger partial charge in [-0.3, -0.25) is 8.98 Å². The van der Waals surface area contributed by atoms with Gasteiger partial charge in [0.2, 0.25) is 16.3 Å². The van der Waals surface area contributed by atoms with Gasteiger partial charge < -0.3 is 89.1 Å². The summed E-state index contributed by atoms with van der Waals surface area (Å²) in [6, 6.07) is 4.29. The van der Waals surface area contributed by atoms with Crippen LogP contribution in [0.3, 0.4) is 0 Å². The number of carboxylic acids is 1. The van der Waals surface area contributed by atoms with E-state index < -0.39 is 126 Å². The van der Waals surface area contributed by atoms with Crippen LogP contribution in [-0.2, 0) is 58.2 Å². The molecule has 10 N–H and O–H groups in total. The fourth-order valence-corrected chi connectivity index (χ4v) is 10.5. The number of carboxylic acid groups (broad SMARTS) is 1. The van der Waals surface area contributed by atoms with Crippen molar-refractivity contribution in [3.8, 4) is 0 Å². The molecule has 1 amide bonds. The molecule has 1 unspecified atom stereocenters. The molecule has 3 aliphatic rings. The second-order valence-corrected chi connectivity index (χ2v) is 19.4. The third-order valence-corrected chi connectivity index (χ3v) is 13.8. The number of amides is 1. The number of aliphatic hydroxyl groups excluding tert-OH is 7. The molecule has 0 saturated carbocycles. The summed E-state index contributed by atoms with van der Waals surface area (Å²) in [4.78, 5) is 24.6. The van der Waals surface area contributed by atoms with Crippen LogP contribution in [-0.4, -0.2) is 197 Å². The number of ether oxygens (including phenoxy) is 5. The Bertz CT molecular complexity index is 1830. The Morgan fingerprint density at radius 1 is 0.908 bits per heavy atom. The summed E-state index contributed by atoms with van der Waals surface area (Å²) >= 11 is 0. The molecule has 0 spiro atoms. The van der Waals surface area contributed by atoms with Gasteiger partial charge in [0.1, 0.15) is 67.1 Å². The van der Waals surface area contributed by atoms with Gasteiger partial charge in [-0.15, -0.1) is 0 Å². The summed E-state index contributed by atoms with van der Waals surface area (Å²) in [5.41, 5.74) is 0.889. The molecule has 0 aliphatic carbocycles. The average Bonchev–Trinajstić information content (AvgIpc) is 3.73. The van der Waals surface area contributed by atoms with Crippen molar-refractivity contribution in [1.82, 2.24) is 4.72 Å². The first-order valence-corrected chi connectivity index (χ1v) is 24.0. The van der Waals surface area contributed by atoms with Crippen molar-refractivity contribution in [1.29, 1.82) is 0 Å². The molecule has 32 heteroatoms. The number of hydrogen-bond acceptors (Lipinski definition) is 25. The van der Waals surface area contributed by atoms with Crippen LogP contribution in [0.1, 0.15) is 32.1 Å². The number of aliphatic hydroxyl groups is 7. The number of nitrogens with one attached hydrogen (secondary N) is 3. The molecular weight excluding hydrogens is 988 g/mol. The summed E-state index contributed by atoms with van der Waals surface area (Å²) in [5.74, 6) is -1.19. The van der Waals surface area contributed by atoms with E-state index in [9.17, 15) is 76.4 Å². The SMILES string of the molecule is CO[C@H]1[C@H](O)[C@@H](NS(=O)(=O)[O-])[C@@H](O[C@H]2[C@H](O)[C@@H](O)[C@H](OC[C@@H](O)[C@@H](O)[C@H](O)[C@@H](O)CNc3cccc(NC(=O)CCCCC4CCSS4)c3)O[C@@H]2C(=O)[O-])O[C@@H]1COS(=O)(=O)[O-].[Na+].[Na+].[Na+]. The number of carbonyl (C=O) groups excluding carboxylic acids is 2. The zero-order chi connectivity index (χ0) is 45.9. The molecule has 1 aromatic rings. The third-order valence-electron chi connectivity index (χ3n) is 9.81. The molecule has 356 valence electrons. The first-order valence-electron chi connectivity index (χ1n) is 18.9. The summed E-state index contributed by atoms with van der Waals surface area (Å²) < 4.78 is 99.6. The van der Waals surface area contributed by atoms with Crippen molar-refractivity contribution in [3.05, 3.63) is 24.3 Å². The molecule has 0 bridgehead atoms. The van der Waals surface area contributed by atoms with Crippen LogP contribution in [0.25, 0.3) is 0 Å². The minimum atomic E-state index is -5.48. The first kappa shape index (κ1) is 63.9. The van der Waals surface area contributed by atoms with Crippen LogP contribution in [0.4, 0.5) is 11.4 Å². The monoisotopic (exact) mass is 1040 g/mol. The van der Waals surface area contributed by atoms with Crippen LogP contribution in [0.2, 0.25) is 0 Å². The normalized spacial score (nSPS) is 30.0. The second kappa shape index (κ2) is 30.1. The van der Waals surface area contributed by atoms with Crippen LogP contribution >= 0.6 is 21.6 Å². The molecule has 3 aliphatic heterocycles. The zero-order valence-corrected chi connectivity index (χ0v) is 45.0. The van der Waals surface area contributed by atoms with Crippen LogP contribution in [0, 0.1) is 0 Å². The fourth-order valence-electron chi connectivity index (χ4n) is 6.62. The number of aliphatic carboxylic acids is 1. The molecular formula is C33H50N3Na3O22S4. The standard InChI is InChI=1S/C33H53N3O22S4.3Na/c1-53-28-20(14-55-62(50,51)52)56-32(22(25(28)42)36-61(47,48)49)57-29-26(43)27(44)33(58-30(29)31(45)46)54-13-19(38)24(41)23(40)18(37)12-34-15-5-4-6-16(11-15)35-21(39)8-3-2-7-17-9-10-59-60-17;;;/h4-6,11,17-20,22-30,32-34,36-38,40-44H,2-3,7-10,12-14H2,1H3,(H,35,39)(H,45,46)(H,47,48,49)(H,50,51,52);;;/q;3*+1/p-3/t17?,18-,19+,20+,22+,23+,24+,25+,26+,27+,28+,29-,30-,32+,33+;;;/m0.../s1. The van der Waals surface area contributed by atoms with E-state index >= 15 is 0 Å². The minimum absolute atomic E-state index is 0. The quantitative estimate of drug-likeness (QED) is 0.0151. The summed E-state index contributed by atoms with van der Waals surface area (Å²) in [6.45, 7) is -2.59. The molecule has 3 saturated heterocycles. The maximum Gasteiger partial charge on any atom is 1.00 e. The second-order valence-electron chi connectivity index (χ2n) is 14.4. The van der Waals surface area contributed by atoms with Gasteiger partial charge in [0, 0.05) is 42.5 Å². The Labute approximate surface area is 449 Å². The van der Waals surface area contributed by atoms with Gasteiger partial charge >= 0.3 is 88.7 Å². The number of rotatable bonds is 24. The van der Waals surface area contributed by atoms with Crippen molar-refractivity contribution in [2.24, 2.45) is 0 Å². The van der Waals surface area contributed by atoms with E-state index in [4.69, 9.17) is 23.7 Å². The number of anilines is 2. The minimum Gasteiger partial charge on any atom is -0.735 e. The molecule has 3 heterocycles. The van der Waals surface area contributed by atoms with E-state index in [0.717, 1.165) is 32.1 Å². The van der Waals surface area contributed by atoms with Crippen LogP contribution in [0.5, 0.6) is 0 Å². The van der Waals surface area contributed by atoms with Crippen LogP contribution in [0.15, 0.2) is 24.3 Å². The number of methoxy groups -OCH3 is 1. The predicted molar refractivity (Wildman–Crippen MR) is 209 cm³/mol. The van der Waals surface area contributed by atoms with Gasteiger partial charge in [-0.2, -0.15) is 0 Å². The van der Waals surface area contributed by atoms with E-state index in [1.165, 1.54) is 11.1 Å². The number of carbonyl (C=O) groups is 2. The molecule has 15 atom stereocenters. The van der Waals surface area contributed by atoms with Gasteiger partial charge in [0.05, 0.1) is 25.3 Å². The fraction of sp³-hybridized carbons (Fsp3) is 0.758. The van der Waals surface area contributed by atoms with Crippen LogP contribution < -0.4 is 109 Å². The molecule has 0 radical (unpaired) electrons. The van der Waals surface area contributed by atoms with Crippen molar-refractivity contribution >= 4 is 65.5 Å². The molecule has 1 aromatic carbocycles. The van der Waals surface area contributed by atoms with Gasteiger partial charge in [-0.25, -0.2) is 21.6 Å². The number of hydrogen-bond donors (Lipinski definition) is 10. The van der Waals surface area contributed by atoms with Crippen molar-refractivity contribution in [2.75, 3.05) is 43.3 Å². The van der Waals surface area contributed by atoms with Gasteiger partial charge in [0.15, 0.2) is 22.9 Å². The maximum absolute atomic E-state index is 12.5. The number of benzene rings is 1. The van der Waals surface area contributed by atoms with Gasteiger partial charge in [-0.05, 0) is 37.5 Å². The Morgan fingerprint density at radius 3 is 2.17 bits per heavy atom. The maximum atomic E-state index is 12.5. The molecule has 4 rings (SSSR count). The Hall–Kier alpha value is 0.920.